The summed E-state index contributed by atoms with van der Waals surface area (Å²) in [4.78, 5) is 48.6. The maximum Gasteiger partial charge on any atom is 0.228 e. The van der Waals surface area contributed by atoms with Gasteiger partial charge in [-0.1, -0.05) is 62.4 Å². The van der Waals surface area contributed by atoms with Gasteiger partial charge in [-0.25, -0.2) is 4.98 Å². The number of rotatable bonds is 12. The third-order valence-corrected chi connectivity index (χ3v) is 10.5. The smallest absolute Gasteiger partial charge is 0.228 e. The number of likely N-dealkylation sites (tertiary alicyclic amines) is 1. The fraction of sp³-hybridized carbons (Fsp3) is 0.636. The van der Waals surface area contributed by atoms with E-state index in [0.717, 1.165) is 31.2 Å². The number of hydrogen-bond acceptors (Lipinski definition) is 7. The average Bonchev–Trinajstić information content (AvgIpc) is 3.50. The zero-order valence-corrected chi connectivity index (χ0v) is 27.1. The number of carbonyl (C=O) groups is 3. The first-order valence-corrected chi connectivity index (χ1v) is 16.5. The minimum Gasteiger partial charge on any atom is -0.390 e. The SMILES string of the molecule is C[C@@H](c1ccccc1)N(C)C(=O)C[C@@H](Cc1csc(N)n1)C(=O)N[C@@H](CC1CCCCC1)[C@@H](O)[C@@H]1CC(C)(C)N(C)C1=O. The van der Waals surface area contributed by atoms with Crippen LogP contribution in [0.2, 0.25) is 0 Å². The molecule has 236 valence electrons. The molecule has 0 spiro atoms. The second-order valence-corrected chi connectivity index (χ2v) is 14.1. The predicted molar refractivity (Wildman–Crippen MR) is 170 cm³/mol. The fourth-order valence-corrected chi connectivity index (χ4v) is 7.25. The zero-order chi connectivity index (χ0) is 31.3. The number of thiazole rings is 1. The molecule has 1 aromatic heterocycles. The highest BCUT2D eigenvalue weighted by Crippen LogP contribution is 2.37. The monoisotopic (exact) mass is 611 g/mol. The van der Waals surface area contributed by atoms with Crippen LogP contribution >= 0.6 is 11.3 Å². The van der Waals surface area contributed by atoms with E-state index in [4.69, 9.17) is 5.73 Å². The lowest BCUT2D eigenvalue weighted by molar-refractivity contribution is -0.138. The Kier molecular flexibility index (Phi) is 10.9. The van der Waals surface area contributed by atoms with Crippen molar-refractivity contribution in [3.05, 3.63) is 47.0 Å². The molecular weight excluding hydrogens is 562 g/mol. The van der Waals surface area contributed by atoms with Gasteiger partial charge >= 0.3 is 0 Å². The van der Waals surface area contributed by atoms with Gasteiger partial charge in [-0.05, 0) is 45.1 Å². The van der Waals surface area contributed by atoms with Crippen molar-refractivity contribution in [2.45, 2.75) is 102 Å². The molecule has 4 rings (SSSR count). The number of amides is 3. The normalized spacial score (nSPS) is 21.7. The molecule has 43 heavy (non-hydrogen) atoms. The van der Waals surface area contributed by atoms with Gasteiger partial charge in [0, 0.05) is 37.9 Å². The van der Waals surface area contributed by atoms with Crippen LogP contribution in [0.5, 0.6) is 0 Å². The Morgan fingerprint density at radius 3 is 2.47 bits per heavy atom. The van der Waals surface area contributed by atoms with E-state index in [9.17, 15) is 19.5 Å². The third kappa shape index (κ3) is 8.15. The van der Waals surface area contributed by atoms with Crippen molar-refractivity contribution in [3.8, 4) is 0 Å². The van der Waals surface area contributed by atoms with Crippen molar-refractivity contribution < 1.29 is 19.5 Å². The van der Waals surface area contributed by atoms with Gasteiger partial charge in [0.25, 0.3) is 0 Å². The van der Waals surface area contributed by atoms with Gasteiger partial charge in [0.05, 0.1) is 35.7 Å². The topological polar surface area (TPSA) is 129 Å². The number of nitrogens with two attached hydrogens (primary N) is 1. The minimum atomic E-state index is -1.02. The summed E-state index contributed by atoms with van der Waals surface area (Å²) in [5.41, 5.74) is 7.18. The lowest BCUT2D eigenvalue weighted by atomic mass is 9.80. The molecule has 0 bridgehead atoms. The van der Waals surface area contributed by atoms with E-state index in [2.05, 4.69) is 10.3 Å². The number of aliphatic hydroxyl groups is 1. The van der Waals surface area contributed by atoms with Crippen LogP contribution in [0.3, 0.4) is 0 Å². The van der Waals surface area contributed by atoms with Crippen molar-refractivity contribution in [2.24, 2.45) is 17.8 Å². The van der Waals surface area contributed by atoms with Crippen LogP contribution in [0, 0.1) is 17.8 Å². The van der Waals surface area contributed by atoms with E-state index in [1.165, 1.54) is 17.8 Å². The van der Waals surface area contributed by atoms with Gasteiger partial charge < -0.3 is 26.0 Å². The number of nitrogen functional groups attached to an aromatic ring is 1. The maximum atomic E-state index is 14.1. The van der Waals surface area contributed by atoms with Gasteiger partial charge in [0.2, 0.25) is 17.7 Å². The summed E-state index contributed by atoms with van der Waals surface area (Å²) in [5.74, 6) is -1.49. The number of benzene rings is 1. The molecule has 1 aromatic carbocycles. The number of aromatic nitrogens is 1. The van der Waals surface area contributed by atoms with Gasteiger partial charge in [-0.3, -0.25) is 14.4 Å². The summed E-state index contributed by atoms with van der Waals surface area (Å²) < 4.78 is 0. The molecule has 9 nitrogen and oxygen atoms in total. The summed E-state index contributed by atoms with van der Waals surface area (Å²) in [6.45, 7) is 5.97. The summed E-state index contributed by atoms with van der Waals surface area (Å²) in [6.07, 6.45) is 5.91. The molecule has 1 aliphatic carbocycles. The Balaban J connectivity index is 1.55. The van der Waals surface area contributed by atoms with E-state index in [0.29, 0.717) is 29.6 Å². The lowest BCUT2D eigenvalue weighted by Gasteiger charge is -2.33. The minimum absolute atomic E-state index is 0.0126. The van der Waals surface area contributed by atoms with E-state index in [1.54, 1.807) is 23.9 Å². The van der Waals surface area contributed by atoms with E-state index in [1.807, 2.05) is 56.5 Å². The highest BCUT2D eigenvalue weighted by atomic mass is 32.1. The number of carbonyl (C=O) groups excluding carboxylic acids is 3. The maximum absolute atomic E-state index is 14.1. The van der Waals surface area contributed by atoms with Crippen molar-refractivity contribution in [1.82, 2.24) is 20.1 Å². The van der Waals surface area contributed by atoms with Gasteiger partial charge in [0.15, 0.2) is 5.13 Å². The van der Waals surface area contributed by atoms with E-state index >= 15 is 0 Å². The van der Waals surface area contributed by atoms with Crippen LogP contribution in [0.1, 0.15) is 89.4 Å². The molecule has 0 unspecified atom stereocenters. The van der Waals surface area contributed by atoms with E-state index in [-0.39, 0.29) is 42.1 Å². The van der Waals surface area contributed by atoms with Crippen LogP contribution in [-0.4, -0.2) is 69.4 Å². The van der Waals surface area contributed by atoms with Crippen LogP contribution in [0.4, 0.5) is 5.13 Å². The molecule has 10 heteroatoms. The second-order valence-electron chi connectivity index (χ2n) is 13.2. The van der Waals surface area contributed by atoms with Crippen LogP contribution in [0.15, 0.2) is 35.7 Å². The lowest BCUT2D eigenvalue weighted by Crippen LogP contribution is -2.51. The third-order valence-electron chi connectivity index (χ3n) is 9.81. The Morgan fingerprint density at radius 2 is 1.88 bits per heavy atom. The Bertz CT molecular complexity index is 1240. The van der Waals surface area contributed by atoms with Crippen LogP contribution in [0.25, 0.3) is 0 Å². The Labute approximate surface area is 260 Å². The van der Waals surface area contributed by atoms with Crippen molar-refractivity contribution >= 4 is 34.2 Å². The van der Waals surface area contributed by atoms with E-state index < -0.39 is 24.0 Å². The van der Waals surface area contributed by atoms with Crippen molar-refractivity contribution in [3.63, 3.8) is 0 Å². The second kappa shape index (κ2) is 14.2. The predicted octanol–water partition coefficient (Wildman–Crippen LogP) is 4.57. The largest absolute Gasteiger partial charge is 0.390 e. The molecule has 1 saturated heterocycles. The first kappa shape index (κ1) is 32.9. The molecule has 1 aliphatic heterocycles. The van der Waals surface area contributed by atoms with Crippen molar-refractivity contribution in [2.75, 3.05) is 19.8 Å². The average molecular weight is 612 g/mol. The van der Waals surface area contributed by atoms with Crippen LogP contribution in [-0.2, 0) is 20.8 Å². The zero-order valence-electron chi connectivity index (χ0n) is 26.3. The molecule has 1 saturated carbocycles. The molecule has 4 N–H and O–H groups in total. The number of nitrogens with zero attached hydrogens (tertiary/aromatic N) is 3. The first-order chi connectivity index (χ1) is 20.4. The van der Waals surface area contributed by atoms with Gasteiger partial charge in [0.1, 0.15) is 0 Å². The molecule has 5 atom stereocenters. The highest BCUT2D eigenvalue weighted by Gasteiger charge is 2.48. The molecule has 3 amide bonds. The summed E-state index contributed by atoms with van der Waals surface area (Å²) in [7, 11) is 3.54. The quantitative estimate of drug-likeness (QED) is 0.323. The first-order valence-electron chi connectivity index (χ1n) is 15.6. The number of nitrogens with one attached hydrogen (secondary N) is 1. The number of anilines is 1. The van der Waals surface area contributed by atoms with Gasteiger partial charge in [-0.2, -0.15) is 0 Å². The molecule has 2 aromatic rings. The Hall–Kier alpha value is -2.98. The summed E-state index contributed by atoms with van der Waals surface area (Å²) in [6, 6.07) is 9.03. The molecular formula is C33H49N5O4S. The molecule has 0 radical (unpaired) electrons. The summed E-state index contributed by atoms with van der Waals surface area (Å²) in [5, 5.41) is 17.1. The highest BCUT2D eigenvalue weighted by molar-refractivity contribution is 7.13. The van der Waals surface area contributed by atoms with Crippen molar-refractivity contribution in [1.29, 1.82) is 0 Å². The standard InChI is InChI=1S/C33H49N5O4S/c1-21(23-14-10-7-11-15-23)37(4)28(39)18-24(17-25-20-43-32(34)35-25)30(41)36-27(16-22-12-8-6-9-13-22)29(40)26-19-33(2,3)38(5)31(26)42/h7,10-11,14-15,20-22,24,26-27,29,40H,6,8-9,12-13,16-19H2,1-5H3,(H2,34,35)(H,36,41)/t21-,24+,26-,27-,29-/m0/s1. The van der Waals surface area contributed by atoms with Gasteiger partial charge in [-0.15, -0.1) is 11.3 Å². The van der Waals surface area contributed by atoms with Crippen LogP contribution < -0.4 is 11.1 Å². The molecule has 2 heterocycles. The fourth-order valence-electron chi connectivity index (χ4n) is 6.68. The molecule has 2 aliphatic rings. The number of hydrogen-bond donors (Lipinski definition) is 3. The summed E-state index contributed by atoms with van der Waals surface area (Å²) >= 11 is 1.30. The molecule has 2 fully saturated rings. The number of aliphatic hydroxyl groups excluding tert-OH is 1. The Morgan fingerprint density at radius 1 is 1.21 bits per heavy atom.